The number of imidazole rings is 1. The Bertz CT molecular complexity index is 801. The van der Waals surface area contributed by atoms with Gasteiger partial charge in [-0.1, -0.05) is 18.2 Å². The van der Waals surface area contributed by atoms with Crippen molar-refractivity contribution in [3.8, 4) is 11.6 Å². The Balaban J connectivity index is 1.51. The summed E-state index contributed by atoms with van der Waals surface area (Å²) in [6.45, 7) is 0.406. The first-order chi connectivity index (χ1) is 12.1. The van der Waals surface area contributed by atoms with E-state index in [-0.39, 0.29) is 5.75 Å². The fraction of sp³-hybridized carbons (Fsp3) is 0.222. The number of rotatable bonds is 7. The summed E-state index contributed by atoms with van der Waals surface area (Å²) in [6, 6.07) is 10.5. The van der Waals surface area contributed by atoms with Crippen LogP contribution in [0.3, 0.4) is 0 Å². The number of aromatic nitrogens is 3. The number of aryl methyl sites for hydroxylation is 1. The van der Waals surface area contributed by atoms with Crippen LogP contribution in [0.2, 0.25) is 0 Å². The van der Waals surface area contributed by atoms with E-state index in [2.05, 4.69) is 20.0 Å². The van der Waals surface area contributed by atoms with Gasteiger partial charge in [0, 0.05) is 31.7 Å². The third kappa shape index (κ3) is 4.60. The summed E-state index contributed by atoms with van der Waals surface area (Å²) in [6.07, 6.45) is 5.43. The second-order valence-electron chi connectivity index (χ2n) is 5.50. The largest absolute Gasteiger partial charge is 0.435 e. The second kappa shape index (κ2) is 7.85. The average molecular weight is 344 g/mol. The topological polar surface area (TPSA) is 52.0 Å². The van der Waals surface area contributed by atoms with Crippen molar-refractivity contribution in [2.75, 3.05) is 0 Å². The molecule has 0 bridgehead atoms. The molecule has 3 aromatic rings. The van der Waals surface area contributed by atoms with Gasteiger partial charge in [0.15, 0.2) is 0 Å². The van der Waals surface area contributed by atoms with Crippen molar-refractivity contribution in [1.82, 2.24) is 19.9 Å². The highest BCUT2D eigenvalue weighted by molar-refractivity contribution is 5.28. The summed E-state index contributed by atoms with van der Waals surface area (Å²) in [5.41, 5.74) is 2.04. The maximum atomic E-state index is 12.1. The number of hydrogen-bond donors (Lipinski definition) is 1. The van der Waals surface area contributed by atoms with Gasteiger partial charge in [-0.2, -0.15) is 8.78 Å². The molecule has 2 aromatic heterocycles. The van der Waals surface area contributed by atoms with Gasteiger partial charge in [-0.25, -0.2) is 9.97 Å². The van der Waals surface area contributed by atoms with Crippen LogP contribution >= 0.6 is 0 Å². The van der Waals surface area contributed by atoms with Crippen molar-refractivity contribution in [2.45, 2.75) is 26.6 Å². The highest BCUT2D eigenvalue weighted by Crippen LogP contribution is 2.15. The summed E-state index contributed by atoms with van der Waals surface area (Å²) in [4.78, 5) is 8.62. The minimum atomic E-state index is -2.80. The lowest BCUT2D eigenvalue weighted by Crippen LogP contribution is -2.13. The second-order valence-corrected chi connectivity index (χ2v) is 5.50. The van der Waals surface area contributed by atoms with Crippen LogP contribution in [0.1, 0.15) is 17.0 Å². The summed E-state index contributed by atoms with van der Waals surface area (Å²) in [7, 11) is 0. The standard InChI is InChI=1S/C18H18F2N4O/c1-13-22-8-9-24(13)17-7-4-15(12-23-17)11-21-10-14-2-5-16(6-3-14)25-18(19)20/h2-9,12,18,21H,10-11H2,1H3. The van der Waals surface area contributed by atoms with Gasteiger partial charge in [-0.15, -0.1) is 0 Å². The van der Waals surface area contributed by atoms with Gasteiger partial charge in [0.2, 0.25) is 0 Å². The Morgan fingerprint density at radius 3 is 2.36 bits per heavy atom. The normalized spacial score (nSPS) is 11.0. The van der Waals surface area contributed by atoms with E-state index < -0.39 is 6.61 Å². The molecule has 25 heavy (non-hydrogen) atoms. The van der Waals surface area contributed by atoms with E-state index >= 15 is 0 Å². The van der Waals surface area contributed by atoms with Crippen LogP contribution in [0.5, 0.6) is 5.75 Å². The Kier molecular flexibility index (Phi) is 5.35. The van der Waals surface area contributed by atoms with E-state index in [1.54, 1.807) is 18.3 Å². The first-order valence-corrected chi connectivity index (χ1v) is 7.81. The molecule has 130 valence electrons. The molecule has 0 radical (unpaired) electrons. The first-order valence-electron chi connectivity index (χ1n) is 7.81. The van der Waals surface area contributed by atoms with Crippen LogP contribution in [0, 0.1) is 6.92 Å². The SMILES string of the molecule is Cc1nccn1-c1ccc(CNCc2ccc(OC(F)F)cc2)cn1. The smallest absolute Gasteiger partial charge is 0.387 e. The number of halogens is 2. The Hall–Kier alpha value is -2.80. The van der Waals surface area contributed by atoms with Gasteiger partial charge < -0.3 is 10.1 Å². The maximum absolute atomic E-state index is 12.1. The molecule has 2 heterocycles. The van der Waals surface area contributed by atoms with E-state index in [9.17, 15) is 8.78 Å². The van der Waals surface area contributed by atoms with E-state index in [4.69, 9.17) is 0 Å². The predicted octanol–water partition coefficient (Wildman–Crippen LogP) is 3.47. The number of nitrogens with zero attached hydrogens (tertiary/aromatic N) is 3. The maximum Gasteiger partial charge on any atom is 0.387 e. The molecule has 0 aliphatic rings. The molecule has 0 aliphatic heterocycles. The number of pyridine rings is 1. The molecule has 0 saturated heterocycles. The number of ether oxygens (including phenoxy) is 1. The van der Waals surface area contributed by atoms with Gasteiger partial charge in [-0.3, -0.25) is 4.57 Å². The molecule has 5 nitrogen and oxygen atoms in total. The molecular formula is C18H18F2N4O. The minimum Gasteiger partial charge on any atom is -0.435 e. The zero-order chi connectivity index (χ0) is 17.6. The predicted molar refractivity (Wildman–Crippen MR) is 89.7 cm³/mol. The molecule has 0 amide bonds. The molecule has 0 unspecified atom stereocenters. The lowest BCUT2D eigenvalue weighted by Gasteiger charge is -2.08. The molecule has 3 rings (SSSR count). The number of alkyl halides is 2. The van der Waals surface area contributed by atoms with E-state index in [0.717, 1.165) is 22.8 Å². The Labute approximate surface area is 144 Å². The van der Waals surface area contributed by atoms with Crippen LogP contribution in [-0.4, -0.2) is 21.1 Å². The molecule has 0 fully saturated rings. The summed E-state index contributed by atoms with van der Waals surface area (Å²) in [5, 5.41) is 3.30. The fourth-order valence-corrected chi connectivity index (χ4v) is 2.42. The van der Waals surface area contributed by atoms with Crippen molar-refractivity contribution >= 4 is 0 Å². The third-order valence-corrected chi connectivity index (χ3v) is 3.69. The molecular weight excluding hydrogens is 326 g/mol. The monoisotopic (exact) mass is 344 g/mol. The van der Waals surface area contributed by atoms with Crippen molar-refractivity contribution in [2.24, 2.45) is 0 Å². The summed E-state index contributed by atoms with van der Waals surface area (Å²) < 4.78 is 30.5. The van der Waals surface area contributed by atoms with Gasteiger partial charge in [-0.05, 0) is 36.2 Å². The van der Waals surface area contributed by atoms with Crippen LogP contribution in [0.4, 0.5) is 8.78 Å². The molecule has 1 N–H and O–H groups in total. The van der Waals surface area contributed by atoms with Crippen LogP contribution in [0.15, 0.2) is 55.0 Å². The zero-order valence-electron chi connectivity index (χ0n) is 13.7. The van der Waals surface area contributed by atoms with Crippen molar-refractivity contribution in [1.29, 1.82) is 0 Å². The molecule has 0 spiro atoms. The van der Waals surface area contributed by atoms with Gasteiger partial charge in [0.25, 0.3) is 0 Å². The number of nitrogens with one attached hydrogen (secondary N) is 1. The number of hydrogen-bond acceptors (Lipinski definition) is 4. The van der Waals surface area contributed by atoms with Crippen LogP contribution < -0.4 is 10.1 Å². The highest BCUT2D eigenvalue weighted by Gasteiger charge is 2.04. The Morgan fingerprint density at radius 2 is 1.76 bits per heavy atom. The number of benzene rings is 1. The van der Waals surface area contributed by atoms with E-state index in [0.29, 0.717) is 13.1 Å². The molecule has 7 heteroatoms. The Morgan fingerprint density at radius 1 is 1.04 bits per heavy atom. The van der Waals surface area contributed by atoms with E-state index in [1.807, 2.05) is 36.0 Å². The zero-order valence-corrected chi connectivity index (χ0v) is 13.7. The summed E-state index contributed by atoms with van der Waals surface area (Å²) in [5.74, 6) is 1.87. The lowest BCUT2D eigenvalue weighted by molar-refractivity contribution is -0.0498. The first kappa shape index (κ1) is 17.0. The average Bonchev–Trinajstić information content (AvgIpc) is 3.03. The van der Waals surface area contributed by atoms with Crippen molar-refractivity contribution in [3.63, 3.8) is 0 Å². The minimum absolute atomic E-state index is 0.160. The molecule has 0 atom stereocenters. The molecule has 0 saturated carbocycles. The quantitative estimate of drug-likeness (QED) is 0.713. The van der Waals surface area contributed by atoms with Gasteiger partial charge >= 0.3 is 6.61 Å². The van der Waals surface area contributed by atoms with E-state index in [1.165, 1.54) is 12.1 Å². The third-order valence-electron chi connectivity index (χ3n) is 3.69. The van der Waals surface area contributed by atoms with Gasteiger partial charge in [0.05, 0.1) is 0 Å². The molecule has 0 aliphatic carbocycles. The van der Waals surface area contributed by atoms with Crippen molar-refractivity contribution in [3.05, 3.63) is 71.9 Å². The highest BCUT2D eigenvalue weighted by atomic mass is 19.3. The molecule has 1 aromatic carbocycles. The van der Waals surface area contributed by atoms with Crippen molar-refractivity contribution < 1.29 is 13.5 Å². The summed E-state index contributed by atoms with van der Waals surface area (Å²) >= 11 is 0. The van der Waals surface area contributed by atoms with Crippen LogP contribution in [-0.2, 0) is 13.1 Å². The van der Waals surface area contributed by atoms with Gasteiger partial charge in [0.1, 0.15) is 17.4 Å². The van der Waals surface area contributed by atoms with Crippen LogP contribution in [0.25, 0.3) is 5.82 Å². The fourth-order valence-electron chi connectivity index (χ4n) is 2.42. The lowest BCUT2D eigenvalue weighted by atomic mass is 10.2.